The van der Waals surface area contributed by atoms with Crippen molar-refractivity contribution in [2.24, 2.45) is 5.92 Å². The molecule has 0 bridgehead atoms. The number of nitrogens with one attached hydrogen (secondary N) is 1. The minimum Gasteiger partial charge on any atom is -0.472 e. The van der Waals surface area contributed by atoms with E-state index in [-0.39, 0.29) is 17.9 Å². The van der Waals surface area contributed by atoms with Crippen LogP contribution in [0.3, 0.4) is 0 Å². The maximum absolute atomic E-state index is 12.3. The number of methoxy groups -OCH3 is 1. The molecule has 1 aromatic rings. The van der Waals surface area contributed by atoms with Gasteiger partial charge in [0.25, 0.3) is 0 Å². The Morgan fingerprint density at radius 1 is 1.55 bits per heavy atom. The van der Waals surface area contributed by atoms with Crippen LogP contribution < -0.4 is 5.32 Å². The molecule has 2 fully saturated rings. The van der Waals surface area contributed by atoms with Crippen LogP contribution in [0.25, 0.3) is 0 Å². The Kier molecular flexibility index (Phi) is 5.12. The van der Waals surface area contributed by atoms with Crippen molar-refractivity contribution in [1.82, 2.24) is 10.2 Å². The quantitative estimate of drug-likeness (QED) is 0.795. The minimum atomic E-state index is -0.0249. The van der Waals surface area contributed by atoms with E-state index in [1.165, 1.54) is 0 Å². The first-order chi connectivity index (χ1) is 10.8. The molecule has 3 heterocycles. The summed E-state index contributed by atoms with van der Waals surface area (Å²) in [4.78, 5) is 14.7. The van der Waals surface area contributed by atoms with E-state index < -0.39 is 0 Å². The monoisotopic (exact) mass is 308 g/mol. The van der Waals surface area contributed by atoms with Crippen LogP contribution in [0.1, 0.15) is 18.4 Å². The SMILES string of the molecule is COCCNC(=O)[C@H]1C[C@@H]2OCC[C@@H]2N(Cc2ccoc2)C1. The minimum absolute atomic E-state index is 0.0249. The molecule has 1 amide bonds. The summed E-state index contributed by atoms with van der Waals surface area (Å²) < 4.78 is 16.0. The molecule has 1 N–H and O–H groups in total. The molecule has 2 aliphatic rings. The fourth-order valence-electron chi connectivity index (χ4n) is 3.46. The average Bonchev–Trinajstić information content (AvgIpc) is 3.18. The van der Waals surface area contributed by atoms with E-state index in [1.807, 2.05) is 6.07 Å². The van der Waals surface area contributed by atoms with Crippen molar-refractivity contribution in [3.8, 4) is 0 Å². The number of nitrogens with zero attached hydrogens (tertiary/aromatic N) is 1. The molecule has 3 rings (SSSR count). The highest BCUT2D eigenvalue weighted by Gasteiger charge is 2.42. The Bertz CT molecular complexity index is 477. The first kappa shape index (κ1) is 15.5. The van der Waals surface area contributed by atoms with Gasteiger partial charge in [-0.1, -0.05) is 0 Å². The maximum atomic E-state index is 12.3. The molecule has 6 nitrogen and oxygen atoms in total. The Hall–Kier alpha value is -1.37. The Morgan fingerprint density at radius 3 is 3.23 bits per heavy atom. The predicted molar refractivity (Wildman–Crippen MR) is 80.3 cm³/mol. The van der Waals surface area contributed by atoms with Crippen molar-refractivity contribution in [2.45, 2.75) is 31.5 Å². The highest BCUT2D eigenvalue weighted by atomic mass is 16.5. The van der Waals surface area contributed by atoms with Crippen LogP contribution in [0.2, 0.25) is 0 Å². The standard InChI is InChI=1S/C16H24N2O4/c1-20-7-4-17-16(19)13-8-15-14(3-6-22-15)18(10-13)9-12-2-5-21-11-12/h2,5,11,13-15H,3-4,6-10H2,1H3,(H,17,19)/t13-,14-,15-/m0/s1. The zero-order valence-corrected chi connectivity index (χ0v) is 13.0. The lowest BCUT2D eigenvalue weighted by molar-refractivity contribution is -0.130. The molecule has 22 heavy (non-hydrogen) atoms. The fourth-order valence-corrected chi connectivity index (χ4v) is 3.46. The van der Waals surface area contributed by atoms with Gasteiger partial charge >= 0.3 is 0 Å². The third-order valence-corrected chi connectivity index (χ3v) is 4.56. The number of carbonyl (C=O) groups excluding carboxylic acids is 1. The molecule has 1 aromatic heterocycles. The molecular weight excluding hydrogens is 284 g/mol. The fraction of sp³-hybridized carbons (Fsp3) is 0.688. The van der Waals surface area contributed by atoms with Gasteiger partial charge in [0.05, 0.1) is 31.2 Å². The molecule has 6 heteroatoms. The maximum Gasteiger partial charge on any atom is 0.224 e. The summed E-state index contributed by atoms with van der Waals surface area (Å²) >= 11 is 0. The number of piperidine rings is 1. The lowest BCUT2D eigenvalue weighted by Crippen LogP contribution is -2.52. The zero-order valence-electron chi connectivity index (χ0n) is 13.0. The number of amides is 1. The van der Waals surface area contributed by atoms with Crippen LogP contribution in [0.15, 0.2) is 23.0 Å². The topological polar surface area (TPSA) is 63.9 Å². The second-order valence-electron chi connectivity index (χ2n) is 6.04. The number of ether oxygens (including phenoxy) is 2. The Balaban J connectivity index is 1.62. The summed E-state index contributed by atoms with van der Waals surface area (Å²) in [5.74, 6) is 0.0753. The van der Waals surface area contributed by atoms with E-state index in [0.717, 1.165) is 38.1 Å². The highest BCUT2D eigenvalue weighted by molar-refractivity contribution is 5.79. The van der Waals surface area contributed by atoms with Gasteiger partial charge in [0.15, 0.2) is 0 Å². The van der Waals surface area contributed by atoms with Gasteiger partial charge in [-0.05, 0) is 18.9 Å². The molecule has 0 spiro atoms. The largest absolute Gasteiger partial charge is 0.472 e. The lowest BCUT2D eigenvalue weighted by Gasteiger charge is -2.40. The van der Waals surface area contributed by atoms with Crippen LogP contribution in [0, 0.1) is 5.92 Å². The van der Waals surface area contributed by atoms with E-state index >= 15 is 0 Å². The van der Waals surface area contributed by atoms with Crippen LogP contribution in [0.5, 0.6) is 0 Å². The van der Waals surface area contributed by atoms with Gasteiger partial charge in [-0.2, -0.15) is 0 Å². The Morgan fingerprint density at radius 2 is 2.45 bits per heavy atom. The van der Waals surface area contributed by atoms with Gasteiger partial charge in [-0.25, -0.2) is 0 Å². The smallest absolute Gasteiger partial charge is 0.224 e. The van der Waals surface area contributed by atoms with Crippen molar-refractivity contribution in [3.63, 3.8) is 0 Å². The summed E-state index contributed by atoms with van der Waals surface area (Å²) in [6, 6.07) is 2.39. The second kappa shape index (κ2) is 7.26. The summed E-state index contributed by atoms with van der Waals surface area (Å²) in [6.07, 6.45) is 5.48. The molecule has 0 saturated carbocycles. The first-order valence-corrected chi connectivity index (χ1v) is 7.91. The van der Waals surface area contributed by atoms with Crippen LogP contribution in [-0.2, 0) is 20.8 Å². The third-order valence-electron chi connectivity index (χ3n) is 4.56. The van der Waals surface area contributed by atoms with Gasteiger partial charge < -0.3 is 19.2 Å². The van der Waals surface area contributed by atoms with Crippen molar-refractivity contribution in [1.29, 1.82) is 0 Å². The predicted octanol–water partition coefficient (Wildman–Crippen LogP) is 1.02. The molecule has 0 radical (unpaired) electrons. The van der Waals surface area contributed by atoms with Crippen molar-refractivity contribution in [2.75, 3.05) is 33.4 Å². The molecular formula is C16H24N2O4. The number of furan rings is 1. The number of hydrogen-bond donors (Lipinski definition) is 1. The van der Waals surface area contributed by atoms with E-state index in [2.05, 4.69) is 10.2 Å². The number of likely N-dealkylation sites (tertiary alicyclic amines) is 1. The zero-order chi connectivity index (χ0) is 15.4. The Labute approximate surface area is 130 Å². The van der Waals surface area contributed by atoms with Crippen molar-refractivity contribution < 1.29 is 18.7 Å². The number of rotatable bonds is 6. The third kappa shape index (κ3) is 3.51. The van der Waals surface area contributed by atoms with Gasteiger partial charge in [0, 0.05) is 45.0 Å². The van der Waals surface area contributed by atoms with Crippen molar-refractivity contribution >= 4 is 5.91 Å². The van der Waals surface area contributed by atoms with Crippen molar-refractivity contribution in [3.05, 3.63) is 24.2 Å². The van der Waals surface area contributed by atoms with Crippen LogP contribution >= 0.6 is 0 Å². The normalized spacial score (nSPS) is 28.5. The van der Waals surface area contributed by atoms with Crippen LogP contribution in [-0.4, -0.2) is 56.4 Å². The molecule has 3 atom stereocenters. The average molecular weight is 308 g/mol. The number of carbonyl (C=O) groups is 1. The van der Waals surface area contributed by atoms with Gasteiger partial charge in [0.1, 0.15) is 0 Å². The van der Waals surface area contributed by atoms with E-state index in [9.17, 15) is 4.79 Å². The van der Waals surface area contributed by atoms with E-state index in [4.69, 9.17) is 13.9 Å². The summed E-state index contributed by atoms with van der Waals surface area (Å²) in [5.41, 5.74) is 1.14. The second-order valence-corrected chi connectivity index (χ2v) is 6.04. The molecule has 2 aliphatic heterocycles. The number of fused-ring (bicyclic) bond motifs is 1. The highest BCUT2D eigenvalue weighted by Crippen LogP contribution is 2.32. The lowest BCUT2D eigenvalue weighted by atomic mass is 9.89. The van der Waals surface area contributed by atoms with Gasteiger partial charge in [-0.3, -0.25) is 9.69 Å². The molecule has 0 aliphatic carbocycles. The van der Waals surface area contributed by atoms with Crippen LogP contribution in [0.4, 0.5) is 0 Å². The van der Waals surface area contributed by atoms with E-state index in [0.29, 0.717) is 19.2 Å². The molecule has 0 unspecified atom stereocenters. The summed E-state index contributed by atoms with van der Waals surface area (Å²) in [7, 11) is 1.64. The number of hydrogen-bond acceptors (Lipinski definition) is 5. The molecule has 2 saturated heterocycles. The van der Waals surface area contributed by atoms with Gasteiger partial charge in [-0.15, -0.1) is 0 Å². The first-order valence-electron chi connectivity index (χ1n) is 7.91. The van der Waals surface area contributed by atoms with E-state index in [1.54, 1.807) is 19.6 Å². The van der Waals surface area contributed by atoms with Gasteiger partial charge in [0.2, 0.25) is 5.91 Å². The summed E-state index contributed by atoms with van der Waals surface area (Å²) in [5, 5.41) is 2.95. The molecule has 0 aromatic carbocycles. The molecule has 122 valence electrons. The summed E-state index contributed by atoms with van der Waals surface area (Å²) in [6.45, 7) is 3.47.